The normalized spacial score (nSPS) is 10.1. The van der Waals surface area contributed by atoms with E-state index in [1.165, 1.54) is 0 Å². The minimum atomic E-state index is 0.115. The zero-order valence-corrected chi connectivity index (χ0v) is 12.0. The van der Waals surface area contributed by atoms with Crippen molar-refractivity contribution in [2.24, 2.45) is 0 Å². The van der Waals surface area contributed by atoms with E-state index in [9.17, 15) is 4.79 Å². The van der Waals surface area contributed by atoms with Crippen molar-refractivity contribution in [1.82, 2.24) is 5.32 Å². The molecule has 0 aliphatic rings. The van der Waals surface area contributed by atoms with Crippen LogP contribution in [0.1, 0.15) is 31.7 Å². The fourth-order valence-corrected chi connectivity index (χ4v) is 1.84. The second kappa shape index (κ2) is 8.40. The van der Waals surface area contributed by atoms with E-state index in [0.29, 0.717) is 13.0 Å². The highest BCUT2D eigenvalue weighted by Gasteiger charge is 2.06. The van der Waals surface area contributed by atoms with Gasteiger partial charge in [0, 0.05) is 13.0 Å². The molecule has 0 aromatic heterocycles. The van der Waals surface area contributed by atoms with E-state index in [0.717, 1.165) is 36.3 Å². The van der Waals surface area contributed by atoms with Crippen molar-refractivity contribution in [3.8, 4) is 11.5 Å². The molecular weight excluding hydrogens is 242 g/mol. The maximum Gasteiger partial charge on any atom is 0.220 e. The lowest BCUT2D eigenvalue weighted by Crippen LogP contribution is -2.25. The maximum atomic E-state index is 11.5. The van der Waals surface area contributed by atoms with Crippen LogP contribution in [-0.2, 0) is 11.2 Å². The molecule has 1 rings (SSSR count). The summed E-state index contributed by atoms with van der Waals surface area (Å²) in [5.74, 6) is 1.74. The molecule has 1 N–H and O–H groups in total. The SMILES string of the molecule is CCCCC(=O)NCCc1cc(OC)ccc1OC. The van der Waals surface area contributed by atoms with Gasteiger partial charge in [-0.2, -0.15) is 0 Å². The first-order valence-electron chi connectivity index (χ1n) is 6.68. The molecule has 1 aromatic carbocycles. The molecule has 1 aromatic rings. The predicted molar refractivity (Wildman–Crippen MR) is 75.8 cm³/mol. The summed E-state index contributed by atoms with van der Waals surface area (Å²) >= 11 is 0. The van der Waals surface area contributed by atoms with E-state index >= 15 is 0 Å². The summed E-state index contributed by atoms with van der Waals surface area (Å²) in [6, 6.07) is 5.69. The predicted octanol–water partition coefficient (Wildman–Crippen LogP) is 2.55. The van der Waals surface area contributed by atoms with E-state index < -0.39 is 0 Å². The highest BCUT2D eigenvalue weighted by molar-refractivity contribution is 5.75. The molecule has 0 saturated carbocycles. The van der Waals surface area contributed by atoms with Crippen molar-refractivity contribution in [3.05, 3.63) is 23.8 Å². The smallest absolute Gasteiger partial charge is 0.220 e. The topological polar surface area (TPSA) is 47.6 Å². The molecule has 0 atom stereocenters. The molecule has 4 heteroatoms. The summed E-state index contributed by atoms with van der Waals surface area (Å²) in [5, 5.41) is 2.92. The number of hydrogen-bond donors (Lipinski definition) is 1. The molecule has 0 bridgehead atoms. The summed E-state index contributed by atoms with van der Waals surface area (Å²) in [7, 11) is 3.28. The van der Waals surface area contributed by atoms with Crippen LogP contribution in [0.2, 0.25) is 0 Å². The van der Waals surface area contributed by atoms with Crippen molar-refractivity contribution >= 4 is 5.91 Å². The molecule has 0 radical (unpaired) electrons. The fraction of sp³-hybridized carbons (Fsp3) is 0.533. The Morgan fingerprint density at radius 1 is 1.26 bits per heavy atom. The molecule has 1 amide bonds. The second-order valence-electron chi connectivity index (χ2n) is 4.38. The molecule has 0 fully saturated rings. The lowest BCUT2D eigenvalue weighted by atomic mass is 10.1. The van der Waals surface area contributed by atoms with Crippen molar-refractivity contribution < 1.29 is 14.3 Å². The van der Waals surface area contributed by atoms with Gasteiger partial charge in [-0.3, -0.25) is 4.79 Å². The Kier molecular flexibility index (Phi) is 6.79. The Labute approximate surface area is 115 Å². The van der Waals surface area contributed by atoms with Crippen LogP contribution in [0.3, 0.4) is 0 Å². The number of carbonyl (C=O) groups is 1. The molecule has 106 valence electrons. The lowest BCUT2D eigenvalue weighted by Gasteiger charge is -2.11. The number of benzene rings is 1. The number of hydrogen-bond acceptors (Lipinski definition) is 3. The van der Waals surface area contributed by atoms with Gasteiger partial charge in [-0.05, 0) is 36.6 Å². The highest BCUT2D eigenvalue weighted by atomic mass is 16.5. The molecule has 19 heavy (non-hydrogen) atoms. The van der Waals surface area contributed by atoms with Gasteiger partial charge in [-0.25, -0.2) is 0 Å². The standard InChI is InChI=1S/C15H23NO3/c1-4-5-6-15(17)16-10-9-12-11-13(18-2)7-8-14(12)19-3/h7-8,11H,4-6,9-10H2,1-3H3,(H,16,17). The third-order valence-corrected chi connectivity index (χ3v) is 2.96. The Hall–Kier alpha value is -1.71. The van der Waals surface area contributed by atoms with Crippen LogP contribution in [0.5, 0.6) is 11.5 Å². The van der Waals surface area contributed by atoms with E-state index in [1.54, 1.807) is 14.2 Å². The number of amides is 1. The van der Waals surface area contributed by atoms with Gasteiger partial charge in [-0.1, -0.05) is 13.3 Å². The van der Waals surface area contributed by atoms with E-state index in [4.69, 9.17) is 9.47 Å². The van der Waals surface area contributed by atoms with Crippen LogP contribution in [-0.4, -0.2) is 26.7 Å². The number of nitrogens with one attached hydrogen (secondary N) is 1. The van der Waals surface area contributed by atoms with Gasteiger partial charge in [0.1, 0.15) is 11.5 Å². The largest absolute Gasteiger partial charge is 0.497 e. The van der Waals surface area contributed by atoms with Gasteiger partial charge in [0.05, 0.1) is 14.2 Å². The zero-order chi connectivity index (χ0) is 14.1. The fourth-order valence-electron chi connectivity index (χ4n) is 1.84. The van der Waals surface area contributed by atoms with Crippen LogP contribution >= 0.6 is 0 Å². The van der Waals surface area contributed by atoms with Crippen LogP contribution in [0.25, 0.3) is 0 Å². The van der Waals surface area contributed by atoms with E-state index in [-0.39, 0.29) is 5.91 Å². The average Bonchev–Trinajstić information content (AvgIpc) is 2.44. The van der Waals surface area contributed by atoms with Gasteiger partial charge in [0.25, 0.3) is 0 Å². The first-order valence-corrected chi connectivity index (χ1v) is 6.68. The summed E-state index contributed by atoms with van der Waals surface area (Å²) in [6.07, 6.45) is 3.31. The molecule has 0 spiro atoms. The number of carbonyl (C=O) groups excluding carboxylic acids is 1. The van der Waals surface area contributed by atoms with Gasteiger partial charge >= 0.3 is 0 Å². The van der Waals surface area contributed by atoms with Gasteiger partial charge < -0.3 is 14.8 Å². The molecule has 0 aliphatic carbocycles. The molecule has 4 nitrogen and oxygen atoms in total. The van der Waals surface area contributed by atoms with Gasteiger partial charge in [0.15, 0.2) is 0 Å². The zero-order valence-electron chi connectivity index (χ0n) is 12.0. The van der Waals surface area contributed by atoms with Crippen LogP contribution in [0.4, 0.5) is 0 Å². The Balaban J connectivity index is 2.49. The van der Waals surface area contributed by atoms with Crippen molar-refractivity contribution in [2.45, 2.75) is 32.6 Å². The molecule has 0 unspecified atom stereocenters. The Morgan fingerprint density at radius 3 is 2.68 bits per heavy atom. The average molecular weight is 265 g/mol. The first-order chi connectivity index (χ1) is 9.21. The number of rotatable bonds is 8. The van der Waals surface area contributed by atoms with Crippen molar-refractivity contribution in [2.75, 3.05) is 20.8 Å². The third kappa shape index (κ3) is 5.20. The second-order valence-corrected chi connectivity index (χ2v) is 4.38. The van der Waals surface area contributed by atoms with Crippen LogP contribution < -0.4 is 14.8 Å². The molecule has 0 saturated heterocycles. The lowest BCUT2D eigenvalue weighted by molar-refractivity contribution is -0.121. The van der Waals surface area contributed by atoms with Crippen molar-refractivity contribution in [1.29, 1.82) is 0 Å². The summed E-state index contributed by atoms with van der Waals surface area (Å²) < 4.78 is 10.5. The Bertz CT molecular complexity index is 404. The van der Waals surface area contributed by atoms with Crippen LogP contribution in [0.15, 0.2) is 18.2 Å². The molecular formula is C15H23NO3. The van der Waals surface area contributed by atoms with Gasteiger partial charge in [-0.15, -0.1) is 0 Å². The minimum absolute atomic E-state index is 0.115. The monoisotopic (exact) mass is 265 g/mol. The summed E-state index contributed by atoms with van der Waals surface area (Å²) in [4.78, 5) is 11.5. The van der Waals surface area contributed by atoms with Crippen molar-refractivity contribution in [3.63, 3.8) is 0 Å². The minimum Gasteiger partial charge on any atom is -0.497 e. The third-order valence-electron chi connectivity index (χ3n) is 2.96. The number of methoxy groups -OCH3 is 2. The number of unbranched alkanes of at least 4 members (excludes halogenated alkanes) is 1. The Morgan fingerprint density at radius 2 is 2.05 bits per heavy atom. The highest BCUT2D eigenvalue weighted by Crippen LogP contribution is 2.24. The maximum absolute atomic E-state index is 11.5. The number of ether oxygens (including phenoxy) is 2. The summed E-state index contributed by atoms with van der Waals surface area (Å²) in [6.45, 7) is 2.69. The summed E-state index contributed by atoms with van der Waals surface area (Å²) in [5.41, 5.74) is 1.04. The quantitative estimate of drug-likeness (QED) is 0.785. The van der Waals surface area contributed by atoms with Crippen LogP contribution in [0, 0.1) is 0 Å². The van der Waals surface area contributed by atoms with E-state index in [1.807, 2.05) is 18.2 Å². The first kappa shape index (κ1) is 15.3. The molecule has 0 heterocycles. The van der Waals surface area contributed by atoms with Gasteiger partial charge in [0.2, 0.25) is 5.91 Å². The van der Waals surface area contributed by atoms with E-state index in [2.05, 4.69) is 12.2 Å². The molecule has 0 aliphatic heterocycles.